The topological polar surface area (TPSA) is 66.4 Å². The van der Waals surface area contributed by atoms with Gasteiger partial charge < -0.3 is 10.4 Å². The zero-order valence-corrected chi connectivity index (χ0v) is 13.0. The molecular weight excluding hydrogens is 274 g/mol. The van der Waals surface area contributed by atoms with E-state index in [-0.39, 0.29) is 5.91 Å². The molecule has 20 heavy (non-hydrogen) atoms. The Morgan fingerprint density at radius 3 is 2.65 bits per heavy atom. The molecule has 0 fully saturated rings. The van der Waals surface area contributed by atoms with Crippen LogP contribution in [0.1, 0.15) is 50.8 Å². The Balaban J connectivity index is 2.18. The SMILES string of the molecule is CCC(C)(NC(=O)CCCCCc1cccs1)C(=O)O. The maximum Gasteiger partial charge on any atom is 0.329 e. The molecule has 4 nitrogen and oxygen atoms in total. The van der Waals surface area contributed by atoms with E-state index in [9.17, 15) is 9.59 Å². The van der Waals surface area contributed by atoms with Crippen molar-refractivity contribution in [3.8, 4) is 0 Å². The summed E-state index contributed by atoms with van der Waals surface area (Å²) in [7, 11) is 0. The van der Waals surface area contributed by atoms with Gasteiger partial charge in [0.1, 0.15) is 5.54 Å². The summed E-state index contributed by atoms with van der Waals surface area (Å²) in [5, 5.41) is 13.8. The second-order valence-electron chi connectivity index (χ2n) is 5.18. The van der Waals surface area contributed by atoms with Crippen LogP contribution in [0.5, 0.6) is 0 Å². The first-order valence-corrected chi connectivity index (χ1v) is 7.92. The van der Waals surface area contributed by atoms with Gasteiger partial charge in [-0.25, -0.2) is 4.79 Å². The molecule has 0 aliphatic carbocycles. The Morgan fingerprint density at radius 2 is 2.10 bits per heavy atom. The number of amides is 1. The highest BCUT2D eigenvalue weighted by atomic mass is 32.1. The van der Waals surface area contributed by atoms with Gasteiger partial charge >= 0.3 is 5.97 Å². The monoisotopic (exact) mass is 297 g/mol. The Kier molecular flexibility index (Phi) is 6.71. The van der Waals surface area contributed by atoms with E-state index < -0.39 is 11.5 Å². The van der Waals surface area contributed by atoms with E-state index in [0.717, 1.165) is 25.7 Å². The van der Waals surface area contributed by atoms with Gasteiger partial charge in [0.2, 0.25) is 5.91 Å². The van der Waals surface area contributed by atoms with Crippen molar-refractivity contribution in [2.75, 3.05) is 0 Å². The normalized spacial score (nSPS) is 13.7. The Labute approximate surface area is 124 Å². The largest absolute Gasteiger partial charge is 0.480 e. The number of carboxylic acids is 1. The molecule has 2 N–H and O–H groups in total. The minimum absolute atomic E-state index is 0.173. The van der Waals surface area contributed by atoms with Gasteiger partial charge in [-0.05, 0) is 44.1 Å². The standard InChI is InChI=1S/C15H23NO3S/c1-3-15(2,14(18)19)16-13(17)10-6-4-5-8-12-9-7-11-20-12/h7,9,11H,3-6,8,10H2,1-2H3,(H,16,17)(H,18,19). The molecule has 1 rings (SSSR count). The highest BCUT2D eigenvalue weighted by Crippen LogP contribution is 2.14. The molecule has 0 radical (unpaired) electrons. The molecule has 0 bridgehead atoms. The van der Waals surface area contributed by atoms with E-state index in [4.69, 9.17) is 5.11 Å². The molecule has 5 heteroatoms. The van der Waals surface area contributed by atoms with Crippen molar-refractivity contribution in [2.24, 2.45) is 0 Å². The highest BCUT2D eigenvalue weighted by molar-refractivity contribution is 7.09. The van der Waals surface area contributed by atoms with Crippen molar-refractivity contribution in [2.45, 2.75) is 57.9 Å². The van der Waals surface area contributed by atoms with Gasteiger partial charge in [0.15, 0.2) is 0 Å². The maximum absolute atomic E-state index is 11.7. The maximum atomic E-state index is 11.7. The number of hydrogen-bond acceptors (Lipinski definition) is 3. The number of unbranched alkanes of at least 4 members (excludes halogenated alkanes) is 2. The van der Waals surface area contributed by atoms with Gasteiger partial charge in [0, 0.05) is 11.3 Å². The van der Waals surface area contributed by atoms with Crippen molar-refractivity contribution < 1.29 is 14.7 Å². The number of carbonyl (C=O) groups excluding carboxylic acids is 1. The molecule has 0 aromatic carbocycles. The third kappa shape index (κ3) is 5.33. The average molecular weight is 297 g/mol. The lowest BCUT2D eigenvalue weighted by atomic mass is 9.99. The zero-order valence-electron chi connectivity index (χ0n) is 12.1. The van der Waals surface area contributed by atoms with Crippen LogP contribution in [-0.2, 0) is 16.0 Å². The average Bonchev–Trinajstić information content (AvgIpc) is 2.91. The predicted octanol–water partition coefficient (Wildman–Crippen LogP) is 3.22. The molecule has 0 spiro atoms. The summed E-state index contributed by atoms with van der Waals surface area (Å²) in [4.78, 5) is 24.2. The number of hydrogen-bond donors (Lipinski definition) is 2. The lowest BCUT2D eigenvalue weighted by Gasteiger charge is -2.24. The van der Waals surface area contributed by atoms with Crippen molar-refractivity contribution in [3.05, 3.63) is 22.4 Å². The fraction of sp³-hybridized carbons (Fsp3) is 0.600. The second kappa shape index (κ2) is 8.04. The van der Waals surface area contributed by atoms with Gasteiger partial charge in [0.05, 0.1) is 0 Å². The highest BCUT2D eigenvalue weighted by Gasteiger charge is 2.32. The quantitative estimate of drug-likeness (QED) is 0.688. The summed E-state index contributed by atoms with van der Waals surface area (Å²) in [6.45, 7) is 3.31. The summed E-state index contributed by atoms with van der Waals surface area (Å²) in [6, 6.07) is 4.17. The van der Waals surface area contributed by atoms with Gasteiger partial charge in [-0.15, -0.1) is 11.3 Å². The first-order chi connectivity index (χ1) is 9.48. The molecule has 1 unspecified atom stereocenters. The van der Waals surface area contributed by atoms with E-state index in [1.165, 1.54) is 4.88 Å². The third-order valence-electron chi connectivity index (χ3n) is 3.50. The number of thiophene rings is 1. The van der Waals surface area contributed by atoms with E-state index in [2.05, 4.69) is 16.8 Å². The predicted molar refractivity (Wildman–Crippen MR) is 81.0 cm³/mol. The summed E-state index contributed by atoms with van der Waals surface area (Å²) >= 11 is 1.76. The fourth-order valence-corrected chi connectivity index (χ4v) is 2.63. The number of aryl methyl sites for hydroxylation is 1. The van der Waals surface area contributed by atoms with Crippen LogP contribution in [0, 0.1) is 0 Å². The molecule has 1 aromatic rings. The Morgan fingerprint density at radius 1 is 1.35 bits per heavy atom. The number of aliphatic carboxylic acids is 1. The minimum Gasteiger partial charge on any atom is -0.480 e. The number of carbonyl (C=O) groups is 2. The molecular formula is C15H23NO3S. The summed E-state index contributed by atoms with van der Waals surface area (Å²) in [5.74, 6) is -1.15. The van der Waals surface area contributed by atoms with E-state index in [0.29, 0.717) is 12.8 Å². The van der Waals surface area contributed by atoms with Crippen LogP contribution in [0.2, 0.25) is 0 Å². The van der Waals surface area contributed by atoms with Gasteiger partial charge in [-0.2, -0.15) is 0 Å². The molecule has 0 aliphatic rings. The minimum atomic E-state index is -1.14. The van der Waals surface area contributed by atoms with E-state index >= 15 is 0 Å². The van der Waals surface area contributed by atoms with Crippen molar-refractivity contribution >= 4 is 23.2 Å². The smallest absolute Gasteiger partial charge is 0.329 e. The summed E-state index contributed by atoms with van der Waals surface area (Å²) in [6.07, 6.45) is 4.69. The van der Waals surface area contributed by atoms with Gasteiger partial charge in [0.25, 0.3) is 0 Å². The van der Waals surface area contributed by atoms with Crippen molar-refractivity contribution in [3.63, 3.8) is 0 Å². The van der Waals surface area contributed by atoms with Crippen molar-refractivity contribution in [1.29, 1.82) is 0 Å². The van der Waals surface area contributed by atoms with Crippen LogP contribution in [-0.4, -0.2) is 22.5 Å². The van der Waals surface area contributed by atoms with E-state index in [1.807, 2.05) is 6.07 Å². The summed E-state index contributed by atoms with van der Waals surface area (Å²) < 4.78 is 0. The van der Waals surface area contributed by atoms with Gasteiger partial charge in [-0.3, -0.25) is 4.79 Å². The van der Waals surface area contributed by atoms with Crippen LogP contribution in [0.15, 0.2) is 17.5 Å². The Hall–Kier alpha value is -1.36. The molecule has 0 saturated carbocycles. The molecule has 1 aromatic heterocycles. The second-order valence-corrected chi connectivity index (χ2v) is 6.21. The molecule has 112 valence electrons. The third-order valence-corrected chi connectivity index (χ3v) is 4.44. The number of rotatable bonds is 9. The molecule has 1 heterocycles. The van der Waals surface area contributed by atoms with E-state index in [1.54, 1.807) is 25.2 Å². The first-order valence-electron chi connectivity index (χ1n) is 7.04. The first kappa shape index (κ1) is 16.7. The molecule has 1 amide bonds. The lowest BCUT2D eigenvalue weighted by molar-refractivity contribution is -0.147. The van der Waals surface area contributed by atoms with Crippen molar-refractivity contribution in [1.82, 2.24) is 5.32 Å². The van der Waals surface area contributed by atoms with Crippen LogP contribution in [0.4, 0.5) is 0 Å². The molecule has 0 aliphatic heterocycles. The Bertz CT molecular complexity index is 430. The number of nitrogens with one attached hydrogen (secondary N) is 1. The fourth-order valence-electron chi connectivity index (χ4n) is 1.88. The zero-order chi connectivity index (χ0) is 15.0. The van der Waals surface area contributed by atoms with Crippen LogP contribution in [0.3, 0.4) is 0 Å². The molecule has 0 saturated heterocycles. The van der Waals surface area contributed by atoms with Crippen LogP contribution < -0.4 is 5.32 Å². The number of carboxylic acid groups (broad SMARTS) is 1. The molecule has 1 atom stereocenters. The van der Waals surface area contributed by atoms with Gasteiger partial charge in [-0.1, -0.05) is 19.4 Å². The lowest BCUT2D eigenvalue weighted by Crippen LogP contribution is -2.51. The van der Waals surface area contributed by atoms with Crippen LogP contribution in [0.25, 0.3) is 0 Å². The summed E-state index contributed by atoms with van der Waals surface area (Å²) in [5.41, 5.74) is -1.14. The van der Waals surface area contributed by atoms with Crippen LogP contribution >= 0.6 is 11.3 Å².